The van der Waals surface area contributed by atoms with E-state index in [1.807, 2.05) is 21.1 Å². The molecule has 42 heavy (non-hydrogen) atoms. The van der Waals surface area contributed by atoms with Gasteiger partial charge < -0.3 is 30.8 Å². The predicted octanol–water partition coefficient (Wildman–Crippen LogP) is -2.58. The number of nitrogens with zero attached hydrogens (tertiary/aromatic N) is 7. The monoisotopic (exact) mass is 631 g/mol. The van der Waals surface area contributed by atoms with Gasteiger partial charge in [-0.25, -0.2) is 18.8 Å². The van der Waals surface area contributed by atoms with Crippen LogP contribution in [-0.2, 0) is 47.4 Å². The smallest absolute Gasteiger partial charge is 0.362 e. The van der Waals surface area contributed by atoms with Crippen molar-refractivity contribution in [1.29, 1.82) is 0 Å². The third kappa shape index (κ3) is 7.96. The van der Waals surface area contributed by atoms with Gasteiger partial charge in [-0.15, -0.1) is 16.4 Å². The number of nitrogens with one attached hydrogen (secondary N) is 2. The van der Waals surface area contributed by atoms with Gasteiger partial charge in [0, 0.05) is 5.38 Å². The zero-order valence-electron chi connectivity index (χ0n) is 23.2. The maximum atomic E-state index is 13.2. The molecule has 0 radical (unpaired) electrons. The number of amides is 3. The van der Waals surface area contributed by atoms with Crippen molar-refractivity contribution in [3.63, 3.8) is 0 Å². The summed E-state index contributed by atoms with van der Waals surface area (Å²) in [7, 11) is 0.504. The lowest BCUT2D eigenvalue weighted by molar-refractivity contribution is -0.862. The van der Waals surface area contributed by atoms with Gasteiger partial charge in [-0.05, 0) is 13.8 Å². The van der Waals surface area contributed by atoms with Gasteiger partial charge in [0.15, 0.2) is 17.4 Å². The van der Waals surface area contributed by atoms with Crippen LogP contribution in [0.5, 0.6) is 0 Å². The van der Waals surface area contributed by atoms with Crippen LogP contribution in [0.1, 0.15) is 25.2 Å². The fourth-order valence-electron chi connectivity index (χ4n) is 3.53. The molecule has 0 unspecified atom stereocenters. The molecule has 1 aliphatic heterocycles. The number of hydrogen-bond donors (Lipinski definition) is 5. The molecular formula is C21H31N10O9S2+. The normalized spacial score (nSPS) is 17.9. The van der Waals surface area contributed by atoms with E-state index in [0.717, 1.165) is 11.3 Å². The summed E-state index contributed by atoms with van der Waals surface area (Å²) < 4.78 is 35.2. The molecule has 1 fully saturated rings. The van der Waals surface area contributed by atoms with Crippen LogP contribution in [0.4, 0.5) is 5.13 Å². The van der Waals surface area contributed by atoms with Gasteiger partial charge in [0.2, 0.25) is 5.60 Å². The van der Waals surface area contributed by atoms with Gasteiger partial charge in [0.25, 0.3) is 17.7 Å². The molecule has 2 aromatic heterocycles. The van der Waals surface area contributed by atoms with Crippen LogP contribution in [0.15, 0.2) is 16.7 Å². The Kier molecular flexibility index (Phi) is 9.19. The standard InChI is InChI=1S/C21H30N10O9S2/c1-21(2,19(35)36)40-27-15(12-10-41-20(22)24-12)17(33)25-16-13(30(18(16)34)42(37,38)39)8-29-7-11(26-28-29)6-23-14(32)9-31(3,4)5/h7,10,13,16H,6,8-9H2,1-5H3,(H5-,22,23,24,25,32,33,35,36,37,38,39)/p+1/t13-,16+/m1/s1. The Morgan fingerprint density at radius 2 is 1.95 bits per heavy atom. The lowest BCUT2D eigenvalue weighted by atomic mass is 9.98. The maximum absolute atomic E-state index is 13.2. The second-order valence-electron chi connectivity index (χ2n) is 10.7. The van der Waals surface area contributed by atoms with Crippen LogP contribution in [0.2, 0.25) is 0 Å². The van der Waals surface area contributed by atoms with Crippen LogP contribution in [-0.4, -0.2) is 122 Å². The van der Waals surface area contributed by atoms with Crippen molar-refractivity contribution in [1.82, 2.24) is 34.9 Å². The van der Waals surface area contributed by atoms with Gasteiger partial charge in [0.1, 0.15) is 17.4 Å². The number of carboxylic acid groups (broad SMARTS) is 1. The first-order chi connectivity index (χ1) is 19.3. The third-order valence-electron chi connectivity index (χ3n) is 5.61. The number of aliphatic carboxylic acids is 1. The third-order valence-corrected chi connectivity index (χ3v) is 7.23. The van der Waals surface area contributed by atoms with Gasteiger partial charge in [-0.1, -0.05) is 10.4 Å². The highest BCUT2D eigenvalue weighted by molar-refractivity contribution is 7.84. The fraction of sp³-hybridized carbons (Fsp3) is 0.524. The number of oxime groups is 1. The Labute approximate surface area is 243 Å². The Morgan fingerprint density at radius 3 is 2.50 bits per heavy atom. The number of carbonyl (C=O) groups is 4. The van der Waals surface area contributed by atoms with Crippen molar-refractivity contribution >= 4 is 56.2 Å². The summed E-state index contributed by atoms with van der Waals surface area (Å²) in [5.41, 5.74) is 3.48. The average Bonchev–Trinajstić information content (AvgIpc) is 3.47. The van der Waals surface area contributed by atoms with Crippen molar-refractivity contribution in [2.45, 2.75) is 44.6 Å². The van der Waals surface area contributed by atoms with Crippen LogP contribution in [0.25, 0.3) is 0 Å². The molecule has 6 N–H and O–H groups in total. The molecule has 1 saturated heterocycles. The zero-order chi connectivity index (χ0) is 31.6. The van der Waals surface area contributed by atoms with Gasteiger partial charge in [-0.3, -0.25) is 18.9 Å². The first-order valence-electron chi connectivity index (χ1n) is 12.1. The molecule has 19 nitrogen and oxygen atoms in total. The van der Waals surface area contributed by atoms with Crippen LogP contribution in [0.3, 0.4) is 0 Å². The molecule has 0 bridgehead atoms. The van der Waals surface area contributed by atoms with Crippen molar-refractivity contribution in [2.24, 2.45) is 5.16 Å². The number of nitrogens with two attached hydrogens (primary N) is 1. The fourth-order valence-corrected chi connectivity index (χ4v) is 4.95. The number of nitrogen functional groups attached to an aromatic ring is 1. The molecule has 0 spiro atoms. The lowest BCUT2D eigenvalue weighted by Crippen LogP contribution is -2.73. The second-order valence-corrected chi connectivity index (χ2v) is 12.9. The van der Waals surface area contributed by atoms with Gasteiger partial charge in [-0.2, -0.15) is 8.42 Å². The zero-order valence-corrected chi connectivity index (χ0v) is 24.8. The first kappa shape index (κ1) is 32.3. The summed E-state index contributed by atoms with van der Waals surface area (Å²) in [5, 5.41) is 27.1. The second kappa shape index (κ2) is 12.0. The SMILES string of the molecule is CC(C)(ON=C(C(=O)N[C@@H]1C(=O)N(S(=O)(=O)O)[C@@H]1Cn1cc(CNC(=O)C[N+](C)(C)C)nn1)c1csc(N)n1)C(=O)O. The molecule has 0 saturated carbocycles. The van der Waals surface area contributed by atoms with Crippen molar-refractivity contribution in [3.8, 4) is 0 Å². The Morgan fingerprint density at radius 1 is 1.29 bits per heavy atom. The minimum Gasteiger partial charge on any atom is -0.478 e. The van der Waals surface area contributed by atoms with Crippen LogP contribution < -0.4 is 16.4 Å². The molecule has 230 valence electrons. The molecule has 3 amide bonds. The molecule has 2 atom stereocenters. The topological polar surface area (TPSA) is 261 Å². The van der Waals surface area contributed by atoms with Gasteiger partial charge >= 0.3 is 16.3 Å². The highest BCUT2D eigenvalue weighted by Gasteiger charge is 2.54. The summed E-state index contributed by atoms with van der Waals surface area (Å²) in [6, 6.07) is -2.85. The minimum atomic E-state index is -5.03. The summed E-state index contributed by atoms with van der Waals surface area (Å²) in [5.74, 6) is -3.86. The highest BCUT2D eigenvalue weighted by atomic mass is 32.2. The van der Waals surface area contributed by atoms with E-state index >= 15 is 0 Å². The van der Waals surface area contributed by atoms with E-state index in [1.54, 1.807) is 0 Å². The van der Waals surface area contributed by atoms with Crippen molar-refractivity contribution < 1.29 is 46.6 Å². The molecule has 0 aliphatic carbocycles. The highest BCUT2D eigenvalue weighted by Crippen LogP contribution is 2.25. The number of carbonyl (C=O) groups excluding carboxylic acids is 3. The number of aromatic nitrogens is 4. The van der Waals surface area contributed by atoms with E-state index in [-0.39, 0.29) is 40.7 Å². The molecule has 1 aliphatic rings. The number of rotatable bonds is 13. The number of quaternary nitrogens is 1. The molecular weight excluding hydrogens is 600 g/mol. The Bertz CT molecular complexity index is 1510. The number of anilines is 1. The number of carboxylic acids is 1. The molecule has 3 heterocycles. The quantitative estimate of drug-likeness (QED) is 0.0501. The number of β-lactam (4-membered cyclic amide) rings is 1. The lowest BCUT2D eigenvalue weighted by Gasteiger charge is -2.43. The van der Waals surface area contributed by atoms with E-state index in [1.165, 1.54) is 30.1 Å². The number of thiazole rings is 1. The molecule has 0 aromatic carbocycles. The molecule has 21 heteroatoms. The van der Waals surface area contributed by atoms with Gasteiger partial charge in [0.05, 0.1) is 46.5 Å². The summed E-state index contributed by atoms with van der Waals surface area (Å²) >= 11 is 0.946. The maximum Gasteiger partial charge on any atom is 0.362 e. The number of likely N-dealkylation sites (N-methyl/N-ethyl adjacent to an activating group) is 1. The van der Waals surface area contributed by atoms with E-state index < -0.39 is 51.5 Å². The van der Waals surface area contributed by atoms with Crippen molar-refractivity contribution in [3.05, 3.63) is 23.0 Å². The van der Waals surface area contributed by atoms with E-state index in [4.69, 9.17) is 10.6 Å². The first-order valence-corrected chi connectivity index (χ1v) is 14.3. The van der Waals surface area contributed by atoms with E-state index in [0.29, 0.717) is 10.2 Å². The summed E-state index contributed by atoms with van der Waals surface area (Å²) in [4.78, 5) is 58.3. The summed E-state index contributed by atoms with van der Waals surface area (Å²) in [6.07, 6.45) is 1.39. The Hall–Kier alpha value is -4.21. The Balaban J connectivity index is 1.80. The summed E-state index contributed by atoms with van der Waals surface area (Å²) in [6.45, 7) is 2.26. The predicted molar refractivity (Wildman–Crippen MR) is 145 cm³/mol. The molecule has 2 aromatic rings. The minimum absolute atomic E-state index is 0.0217. The van der Waals surface area contributed by atoms with E-state index in [9.17, 15) is 37.3 Å². The average molecular weight is 632 g/mol. The largest absolute Gasteiger partial charge is 0.478 e. The van der Waals surface area contributed by atoms with Crippen LogP contribution in [0, 0.1) is 0 Å². The number of hydrogen-bond acceptors (Lipinski definition) is 13. The van der Waals surface area contributed by atoms with E-state index in [2.05, 4.69) is 31.1 Å². The molecule has 3 rings (SSSR count). The van der Waals surface area contributed by atoms with Crippen molar-refractivity contribution in [2.75, 3.05) is 33.4 Å². The van der Waals surface area contributed by atoms with Crippen LogP contribution >= 0.6 is 11.3 Å².